The number of hydrogen-bond donors (Lipinski definition) is 0. The molecule has 0 aliphatic carbocycles. The van der Waals surface area contributed by atoms with E-state index >= 15 is 0 Å². The minimum Gasteiger partial charge on any atom is -0.134 e. The van der Waals surface area contributed by atoms with Gasteiger partial charge in [-0.25, -0.2) is 0 Å². The van der Waals surface area contributed by atoms with Gasteiger partial charge in [-0.1, -0.05) is 109 Å². The van der Waals surface area contributed by atoms with Gasteiger partial charge < -0.3 is 0 Å². The first-order valence-corrected chi connectivity index (χ1v) is 12.3. The number of thiophene rings is 2. The van der Waals surface area contributed by atoms with Crippen molar-refractivity contribution in [3.05, 3.63) is 121 Å². The molecule has 0 bridgehead atoms. The van der Waals surface area contributed by atoms with Crippen LogP contribution in [0, 0.1) is 0 Å². The van der Waals surface area contributed by atoms with E-state index in [2.05, 4.69) is 121 Å². The maximum Gasteiger partial charge on any atom is 0.0463 e. The van der Waals surface area contributed by atoms with E-state index in [1.807, 2.05) is 22.7 Å². The smallest absolute Gasteiger partial charge is 0.0463 e. The highest BCUT2D eigenvalue weighted by Crippen LogP contribution is 2.42. The first-order valence-electron chi connectivity index (χ1n) is 10.7. The molecule has 0 N–H and O–H groups in total. The molecule has 6 rings (SSSR count). The van der Waals surface area contributed by atoms with Gasteiger partial charge in [-0.05, 0) is 45.5 Å². The summed E-state index contributed by atoms with van der Waals surface area (Å²) >= 11 is 3.76. The topological polar surface area (TPSA) is 0 Å². The fourth-order valence-electron chi connectivity index (χ4n) is 4.04. The highest BCUT2D eigenvalue weighted by Gasteiger charge is 2.10. The van der Waals surface area contributed by atoms with Crippen LogP contribution in [-0.4, -0.2) is 0 Å². The Labute approximate surface area is 196 Å². The molecule has 0 nitrogen and oxygen atoms in total. The summed E-state index contributed by atoms with van der Waals surface area (Å²) in [5.41, 5.74) is 7.60. The monoisotopic (exact) mass is 444 g/mol. The predicted molar refractivity (Wildman–Crippen MR) is 141 cm³/mol. The molecule has 0 saturated heterocycles. The van der Waals surface area contributed by atoms with Gasteiger partial charge in [0.25, 0.3) is 0 Å². The Balaban J connectivity index is 1.26. The molecule has 4 aromatic carbocycles. The second-order valence-electron chi connectivity index (χ2n) is 7.84. The Bertz CT molecular complexity index is 1330. The summed E-state index contributed by atoms with van der Waals surface area (Å²) in [6, 6.07) is 43.6. The van der Waals surface area contributed by atoms with E-state index in [1.165, 1.54) is 52.5 Å². The molecular formula is C30H20S2. The number of benzene rings is 4. The summed E-state index contributed by atoms with van der Waals surface area (Å²) in [5.74, 6) is 0. The van der Waals surface area contributed by atoms with Gasteiger partial charge in [0.1, 0.15) is 0 Å². The quantitative estimate of drug-likeness (QED) is 0.254. The summed E-state index contributed by atoms with van der Waals surface area (Å²) in [6.45, 7) is 0. The molecule has 2 heterocycles. The third-order valence-electron chi connectivity index (χ3n) is 5.76. The second-order valence-corrected chi connectivity index (χ2v) is 10.0. The largest absolute Gasteiger partial charge is 0.134 e. The Morgan fingerprint density at radius 1 is 0.312 bits per heavy atom. The predicted octanol–water partition coefficient (Wildman–Crippen LogP) is 9.63. The van der Waals surface area contributed by atoms with Crippen LogP contribution in [0.3, 0.4) is 0 Å². The van der Waals surface area contributed by atoms with Crippen molar-refractivity contribution >= 4 is 32.1 Å². The molecule has 0 aliphatic rings. The molecule has 2 heteroatoms. The molecule has 0 fully saturated rings. The molecule has 0 radical (unpaired) electrons. The van der Waals surface area contributed by atoms with E-state index in [4.69, 9.17) is 0 Å². The third-order valence-corrected chi connectivity index (χ3v) is 8.15. The first-order chi connectivity index (χ1) is 15.8. The standard InChI is InChI=1S/C30H20S2/c1-3-7-21(8-4-1)23-11-15-25(16-12-23)27-19-29-30(31-27)20-28(32-29)26-17-13-24(14-18-26)22-9-5-2-6-10-22/h1-20H. The number of fused-ring (bicyclic) bond motifs is 1. The van der Waals surface area contributed by atoms with Gasteiger partial charge in [-0.15, -0.1) is 22.7 Å². The van der Waals surface area contributed by atoms with Crippen LogP contribution < -0.4 is 0 Å². The molecule has 32 heavy (non-hydrogen) atoms. The zero-order chi connectivity index (χ0) is 21.3. The highest BCUT2D eigenvalue weighted by atomic mass is 32.1. The van der Waals surface area contributed by atoms with Gasteiger partial charge in [0.2, 0.25) is 0 Å². The van der Waals surface area contributed by atoms with Gasteiger partial charge in [-0.3, -0.25) is 0 Å². The molecule has 2 aromatic heterocycles. The van der Waals surface area contributed by atoms with Crippen LogP contribution in [0.25, 0.3) is 52.5 Å². The van der Waals surface area contributed by atoms with Crippen LogP contribution in [-0.2, 0) is 0 Å². The molecule has 0 aliphatic heterocycles. The summed E-state index contributed by atoms with van der Waals surface area (Å²) in [6.07, 6.45) is 0. The Morgan fingerprint density at radius 3 is 1.00 bits per heavy atom. The third kappa shape index (κ3) is 3.69. The van der Waals surface area contributed by atoms with E-state index < -0.39 is 0 Å². The van der Waals surface area contributed by atoms with Crippen molar-refractivity contribution in [2.45, 2.75) is 0 Å². The van der Waals surface area contributed by atoms with Crippen molar-refractivity contribution in [2.24, 2.45) is 0 Å². The summed E-state index contributed by atoms with van der Waals surface area (Å²) in [4.78, 5) is 2.66. The summed E-state index contributed by atoms with van der Waals surface area (Å²) in [7, 11) is 0. The van der Waals surface area contributed by atoms with Crippen molar-refractivity contribution in [3.8, 4) is 43.1 Å². The molecular weight excluding hydrogens is 424 g/mol. The van der Waals surface area contributed by atoms with Crippen molar-refractivity contribution in [1.29, 1.82) is 0 Å². The normalized spacial score (nSPS) is 11.1. The van der Waals surface area contributed by atoms with Crippen molar-refractivity contribution in [2.75, 3.05) is 0 Å². The molecule has 0 amide bonds. The Morgan fingerprint density at radius 2 is 0.625 bits per heavy atom. The van der Waals surface area contributed by atoms with Gasteiger partial charge in [0.15, 0.2) is 0 Å². The van der Waals surface area contributed by atoms with Crippen molar-refractivity contribution in [3.63, 3.8) is 0 Å². The zero-order valence-electron chi connectivity index (χ0n) is 17.4. The van der Waals surface area contributed by atoms with Gasteiger partial charge in [0, 0.05) is 19.2 Å². The fraction of sp³-hybridized carbons (Fsp3) is 0. The Kier molecular flexibility index (Phi) is 4.95. The van der Waals surface area contributed by atoms with Crippen molar-refractivity contribution in [1.82, 2.24) is 0 Å². The average Bonchev–Trinajstić information content (AvgIpc) is 3.45. The second kappa shape index (κ2) is 8.23. The maximum atomic E-state index is 2.34. The van der Waals surface area contributed by atoms with Gasteiger partial charge in [0.05, 0.1) is 0 Å². The number of rotatable bonds is 4. The molecule has 0 unspecified atom stereocenters. The van der Waals surface area contributed by atoms with Crippen LogP contribution in [0.15, 0.2) is 121 Å². The van der Waals surface area contributed by atoms with E-state index in [-0.39, 0.29) is 0 Å². The fourth-order valence-corrected chi connectivity index (χ4v) is 6.44. The van der Waals surface area contributed by atoms with E-state index in [1.54, 1.807) is 0 Å². The lowest BCUT2D eigenvalue weighted by Crippen LogP contribution is -1.78. The lowest BCUT2D eigenvalue weighted by molar-refractivity contribution is 1.62. The highest BCUT2D eigenvalue weighted by molar-refractivity contribution is 7.31. The van der Waals surface area contributed by atoms with Gasteiger partial charge in [-0.2, -0.15) is 0 Å². The van der Waals surface area contributed by atoms with Crippen LogP contribution in [0.5, 0.6) is 0 Å². The molecule has 0 saturated carbocycles. The minimum absolute atomic E-state index is 1.26. The molecule has 0 spiro atoms. The molecule has 0 atom stereocenters. The SMILES string of the molecule is c1ccc(-c2ccc(-c3cc4sc(-c5ccc(-c6ccccc6)cc5)cc4s3)cc2)cc1. The van der Waals surface area contributed by atoms with Crippen LogP contribution >= 0.6 is 22.7 Å². The number of hydrogen-bond acceptors (Lipinski definition) is 2. The minimum atomic E-state index is 1.26. The van der Waals surface area contributed by atoms with E-state index in [9.17, 15) is 0 Å². The average molecular weight is 445 g/mol. The Hall–Kier alpha value is -3.46. The van der Waals surface area contributed by atoms with E-state index in [0.717, 1.165) is 0 Å². The summed E-state index contributed by atoms with van der Waals surface area (Å²) in [5, 5.41) is 0. The lowest BCUT2D eigenvalue weighted by Gasteiger charge is -2.03. The van der Waals surface area contributed by atoms with E-state index in [0.29, 0.717) is 0 Å². The summed E-state index contributed by atoms with van der Waals surface area (Å²) < 4.78 is 2.72. The lowest BCUT2D eigenvalue weighted by atomic mass is 10.0. The molecule has 152 valence electrons. The molecule has 6 aromatic rings. The zero-order valence-corrected chi connectivity index (χ0v) is 19.0. The first kappa shape index (κ1) is 19.2. The van der Waals surface area contributed by atoms with Crippen LogP contribution in [0.1, 0.15) is 0 Å². The van der Waals surface area contributed by atoms with Gasteiger partial charge >= 0.3 is 0 Å². The maximum absolute atomic E-state index is 2.34. The van der Waals surface area contributed by atoms with Crippen LogP contribution in [0.4, 0.5) is 0 Å². The van der Waals surface area contributed by atoms with Crippen LogP contribution in [0.2, 0.25) is 0 Å². The van der Waals surface area contributed by atoms with Crippen molar-refractivity contribution < 1.29 is 0 Å².